The number of nitrogens with zero attached hydrogens (tertiary/aromatic N) is 1. The van der Waals surface area contributed by atoms with Gasteiger partial charge in [-0.15, -0.1) is 0 Å². The highest BCUT2D eigenvalue weighted by Crippen LogP contribution is 2.21. The summed E-state index contributed by atoms with van der Waals surface area (Å²) in [5.74, 6) is -0.337. The summed E-state index contributed by atoms with van der Waals surface area (Å²) in [7, 11) is 0. The summed E-state index contributed by atoms with van der Waals surface area (Å²) in [5, 5.41) is -0.789. The normalized spacial score (nSPS) is 10.2. The van der Waals surface area contributed by atoms with E-state index in [0.717, 1.165) is 5.56 Å². The maximum Gasteiger partial charge on any atom is 0.256 e. The second-order valence-electron chi connectivity index (χ2n) is 4.04. The number of anilines is 1. The molecule has 0 spiro atoms. The summed E-state index contributed by atoms with van der Waals surface area (Å²) in [6.45, 7) is 1.82. The van der Waals surface area contributed by atoms with E-state index >= 15 is 0 Å². The van der Waals surface area contributed by atoms with E-state index in [1.165, 1.54) is 12.3 Å². The van der Waals surface area contributed by atoms with Crippen LogP contribution in [0.1, 0.15) is 31.8 Å². The number of nitrogen functional groups attached to an aromatic ring is 1. The second kappa shape index (κ2) is 5.20. The number of pyridine rings is 1. The fraction of sp³-hybridized carbons (Fsp3) is 0.0714. The largest absolute Gasteiger partial charge is 0.383 e. The minimum atomic E-state index is -0.789. The number of benzene rings is 1. The summed E-state index contributed by atoms with van der Waals surface area (Å²) in [6, 6.07) is 8.55. The number of aromatic nitrogens is 1. The van der Waals surface area contributed by atoms with Crippen molar-refractivity contribution in [3.63, 3.8) is 0 Å². The fourth-order valence-corrected chi connectivity index (χ4v) is 2.05. The molecule has 2 rings (SSSR count). The van der Waals surface area contributed by atoms with Crippen molar-refractivity contribution in [1.82, 2.24) is 4.98 Å². The Morgan fingerprint density at radius 3 is 2.47 bits per heavy atom. The monoisotopic (exact) mass is 274 g/mol. The molecule has 0 saturated carbocycles. The minimum absolute atomic E-state index is 0.0422. The van der Waals surface area contributed by atoms with Gasteiger partial charge < -0.3 is 5.73 Å². The molecule has 0 atom stereocenters. The number of carbonyl (C=O) groups excluding carboxylic acids is 2. The van der Waals surface area contributed by atoms with Crippen LogP contribution in [0.4, 0.5) is 5.82 Å². The topological polar surface area (TPSA) is 73.1 Å². The van der Waals surface area contributed by atoms with Gasteiger partial charge in [-0.3, -0.25) is 9.59 Å². The van der Waals surface area contributed by atoms with E-state index in [9.17, 15) is 9.59 Å². The third kappa shape index (κ3) is 2.48. The van der Waals surface area contributed by atoms with Gasteiger partial charge >= 0.3 is 0 Å². The molecule has 0 fully saturated rings. The molecule has 0 amide bonds. The molecule has 0 bridgehead atoms. The Hall–Kier alpha value is -2.20. The highest BCUT2D eigenvalue weighted by molar-refractivity contribution is 6.68. The van der Waals surface area contributed by atoms with Gasteiger partial charge in [-0.05, 0) is 30.2 Å². The zero-order valence-corrected chi connectivity index (χ0v) is 10.9. The summed E-state index contributed by atoms with van der Waals surface area (Å²) in [5.41, 5.74) is 7.05. The van der Waals surface area contributed by atoms with Crippen LogP contribution < -0.4 is 5.73 Å². The van der Waals surface area contributed by atoms with Gasteiger partial charge in [0.1, 0.15) is 5.82 Å². The number of rotatable bonds is 3. The zero-order valence-electron chi connectivity index (χ0n) is 10.2. The van der Waals surface area contributed by atoms with E-state index in [0.29, 0.717) is 5.56 Å². The first-order valence-corrected chi connectivity index (χ1v) is 5.95. The minimum Gasteiger partial charge on any atom is -0.383 e. The summed E-state index contributed by atoms with van der Waals surface area (Å²) in [6.07, 6.45) is 1.38. The van der Waals surface area contributed by atoms with Crippen molar-refractivity contribution in [3.05, 3.63) is 58.8 Å². The first kappa shape index (κ1) is 13.2. The number of aryl methyl sites for hydroxylation is 1. The molecule has 0 aliphatic heterocycles. The number of hydrogen-bond donors (Lipinski definition) is 1. The molecule has 96 valence electrons. The number of ketones is 1. The lowest BCUT2D eigenvalue weighted by atomic mass is 9.97. The number of hydrogen-bond acceptors (Lipinski definition) is 4. The van der Waals surface area contributed by atoms with E-state index in [4.69, 9.17) is 17.3 Å². The predicted molar refractivity (Wildman–Crippen MR) is 73.4 cm³/mol. The lowest BCUT2D eigenvalue weighted by molar-refractivity contribution is 0.102. The van der Waals surface area contributed by atoms with Gasteiger partial charge in [0.05, 0.1) is 5.56 Å². The Morgan fingerprint density at radius 2 is 1.84 bits per heavy atom. The smallest absolute Gasteiger partial charge is 0.256 e. The molecule has 1 heterocycles. The Bertz CT molecular complexity index is 668. The molecule has 1 aromatic carbocycles. The van der Waals surface area contributed by atoms with Crippen molar-refractivity contribution in [2.45, 2.75) is 6.92 Å². The fourth-order valence-electron chi connectivity index (χ4n) is 1.85. The summed E-state index contributed by atoms with van der Waals surface area (Å²) < 4.78 is 0. The Kier molecular flexibility index (Phi) is 3.62. The van der Waals surface area contributed by atoms with Crippen LogP contribution in [0.25, 0.3) is 0 Å². The van der Waals surface area contributed by atoms with Crippen LogP contribution in [0.5, 0.6) is 0 Å². The van der Waals surface area contributed by atoms with Crippen LogP contribution in [0.3, 0.4) is 0 Å². The maximum absolute atomic E-state index is 12.5. The molecule has 5 heteroatoms. The first-order chi connectivity index (χ1) is 9.02. The quantitative estimate of drug-likeness (QED) is 0.690. The zero-order chi connectivity index (χ0) is 14.0. The number of nitrogens with two attached hydrogens (primary N) is 1. The lowest BCUT2D eigenvalue weighted by Gasteiger charge is -2.08. The van der Waals surface area contributed by atoms with Crippen LogP contribution in [-0.4, -0.2) is 16.0 Å². The Morgan fingerprint density at radius 1 is 1.16 bits per heavy atom. The molecular formula is C14H11ClN2O2. The standard InChI is InChI=1S/C14H11ClN2O2/c1-8-4-2-3-5-9(8)12(18)10-6-7-17-14(16)11(10)13(15)19/h2-7H,1H3,(H2,16,17). The van der Waals surface area contributed by atoms with Crippen molar-refractivity contribution in [2.24, 2.45) is 0 Å². The van der Waals surface area contributed by atoms with Gasteiger partial charge in [-0.1, -0.05) is 24.3 Å². The van der Waals surface area contributed by atoms with Crippen LogP contribution >= 0.6 is 11.6 Å². The van der Waals surface area contributed by atoms with E-state index in [-0.39, 0.29) is 22.7 Å². The van der Waals surface area contributed by atoms with Gasteiger partial charge in [0.25, 0.3) is 5.24 Å². The molecule has 4 nitrogen and oxygen atoms in total. The van der Waals surface area contributed by atoms with Gasteiger partial charge in [0.15, 0.2) is 5.78 Å². The van der Waals surface area contributed by atoms with E-state index in [2.05, 4.69) is 4.98 Å². The van der Waals surface area contributed by atoms with Crippen molar-refractivity contribution < 1.29 is 9.59 Å². The average Bonchev–Trinajstić information content (AvgIpc) is 2.37. The summed E-state index contributed by atoms with van der Waals surface area (Å²) in [4.78, 5) is 27.6. The van der Waals surface area contributed by atoms with Crippen molar-refractivity contribution in [2.75, 3.05) is 5.73 Å². The molecule has 19 heavy (non-hydrogen) atoms. The third-order valence-corrected chi connectivity index (χ3v) is 3.00. The van der Waals surface area contributed by atoms with Gasteiger partial charge in [0.2, 0.25) is 0 Å². The van der Waals surface area contributed by atoms with Crippen LogP contribution in [-0.2, 0) is 0 Å². The Labute approximate surface area is 115 Å². The predicted octanol–water partition coefficient (Wildman–Crippen LogP) is 2.58. The van der Waals surface area contributed by atoms with E-state index in [1.54, 1.807) is 12.1 Å². The maximum atomic E-state index is 12.5. The molecule has 2 aromatic rings. The van der Waals surface area contributed by atoms with Crippen molar-refractivity contribution >= 4 is 28.4 Å². The molecule has 0 aliphatic rings. The van der Waals surface area contributed by atoms with E-state index in [1.807, 2.05) is 19.1 Å². The van der Waals surface area contributed by atoms with Gasteiger partial charge in [-0.2, -0.15) is 0 Å². The molecule has 0 saturated heterocycles. The molecule has 1 aromatic heterocycles. The van der Waals surface area contributed by atoms with Crippen LogP contribution in [0, 0.1) is 6.92 Å². The van der Waals surface area contributed by atoms with E-state index < -0.39 is 5.24 Å². The average molecular weight is 275 g/mol. The number of halogens is 1. The molecule has 0 radical (unpaired) electrons. The first-order valence-electron chi connectivity index (χ1n) is 5.57. The molecular weight excluding hydrogens is 264 g/mol. The third-order valence-electron chi connectivity index (χ3n) is 2.81. The number of carbonyl (C=O) groups is 2. The van der Waals surface area contributed by atoms with Gasteiger partial charge in [0, 0.05) is 17.3 Å². The molecule has 2 N–H and O–H groups in total. The molecule has 0 unspecified atom stereocenters. The Balaban J connectivity index is 2.60. The van der Waals surface area contributed by atoms with Crippen molar-refractivity contribution in [1.29, 1.82) is 0 Å². The molecule has 0 aliphatic carbocycles. The second-order valence-corrected chi connectivity index (χ2v) is 4.38. The highest BCUT2D eigenvalue weighted by atomic mass is 35.5. The summed E-state index contributed by atoms with van der Waals surface area (Å²) >= 11 is 5.47. The van der Waals surface area contributed by atoms with Crippen molar-refractivity contribution in [3.8, 4) is 0 Å². The highest BCUT2D eigenvalue weighted by Gasteiger charge is 2.21. The van der Waals surface area contributed by atoms with Gasteiger partial charge in [-0.25, -0.2) is 4.98 Å². The SMILES string of the molecule is Cc1ccccc1C(=O)c1ccnc(N)c1C(=O)Cl. The lowest BCUT2D eigenvalue weighted by Crippen LogP contribution is -2.12. The van der Waals surface area contributed by atoms with Crippen LogP contribution in [0.2, 0.25) is 0 Å². The van der Waals surface area contributed by atoms with Crippen LogP contribution in [0.15, 0.2) is 36.5 Å².